The molecule has 1 aliphatic rings. The molecular weight excluding hydrogens is 332 g/mol. The van der Waals surface area contributed by atoms with Gasteiger partial charge >= 0.3 is 5.97 Å². The fourth-order valence-corrected chi connectivity index (χ4v) is 3.43. The van der Waals surface area contributed by atoms with Gasteiger partial charge in [0, 0.05) is 25.4 Å². The first-order chi connectivity index (χ1) is 11.1. The van der Waals surface area contributed by atoms with Gasteiger partial charge in [0.2, 0.25) is 0 Å². The SMILES string of the molecule is COC(=O)CCCCCN1C(=O)C(=Cc2cccnc2)SC1=S. The van der Waals surface area contributed by atoms with Crippen molar-refractivity contribution >= 4 is 46.3 Å². The average molecular weight is 350 g/mol. The van der Waals surface area contributed by atoms with E-state index in [9.17, 15) is 9.59 Å². The number of carbonyl (C=O) groups excluding carboxylic acids is 2. The highest BCUT2D eigenvalue weighted by Crippen LogP contribution is 2.32. The molecule has 0 aliphatic carbocycles. The summed E-state index contributed by atoms with van der Waals surface area (Å²) in [7, 11) is 1.39. The number of hydrogen-bond acceptors (Lipinski definition) is 6. The van der Waals surface area contributed by atoms with Gasteiger partial charge < -0.3 is 4.74 Å². The topological polar surface area (TPSA) is 59.5 Å². The number of nitrogens with zero attached hydrogens (tertiary/aromatic N) is 2. The van der Waals surface area contributed by atoms with Gasteiger partial charge in [-0.25, -0.2) is 0 Å². The number of carbonyl (C=O) groups is 2. The van der Waals surface area contributed by atoms with Crippen molar-refractivity contribution in [3.05, 3.63) is 35.0 Å². The van der Waals surface area contributed by atoms with Crippen LogP contribution in [0.2, 0.25) is 0 Å². The first-order valence-corrected chi connectivity index (χ1v) is 8.56. The summed E-state index contributed by atoms with van der Waals surface area (Å²) in [5, 5.41) is 0. The monoisotopic (exact) mass is 350 g/mol. The Hall–Kier alpha value is -1.73. The zero-order valence-electron chi connectivity index (χ0n) is 12.9. The molecule has 2 rings (SSSR count). The van der Waals surface area contributed by atoms with Crippen molar-refractivity contribution in [1.82, 2.24) is 9.88 Å². The molecule has 0 spiro atoms. The average Bonchev–Trinajstić information content (AvgIpc) is 2.82. The Labute approximate surface area is 145 Å². The van der Waals surface area contributed by atoms with E-state index in [2.05, 4.69) is 9.72 Å². The van der Waals surface area contributed by atoms with E-state index >= 15 is 0 Å². The number of unbranched alkanes of at least 4 members (excludes halogenated alkanes) is 2. The van der Waals surface area contributed by atoms with Crippen LogP contribution in [0.1, 0.15) is 31.2 Å². The molecule has 23 heavy (non-hydrogen) atoms. The van der Waals surface area contributed by atoms with E-state index in [4.69, 9.17) is 12.2 Å². The number of methoxy groups -OCH3 is 1. The Morgan fingerprint density at radius 2 is 2.26 bits per heavy atom. The van der Waals surface area contributed by atoms with Gasteiger partial charge in [-0.05, 0) is 30.5 Å². The predicted octanol–water partition coefficient (Wildman–Crippen LogP) is 3.02. The van der Waals surface area contributed by atoms with Crippen LogP contribution in [-0.4, -0.2) is 39.7 Å². The minimum atomic E-state index is -0.199. The van der Waals surface area contributed by atoms with E-state index in [0.29, 0.717) is 22.2 Å². The number of esters is 1. The largest absolute Gasteiger partial charge is 0.469 e. The van der Waals surface area contributed by atoms with Gasteiger partial charge in [-0.3, -0.25) is 19.5 Å². The molecule has 0 aromatic carbocycles. The molecule has 1 aromatic rings. The van der Waals surface area contributed by atoms with Gasteiger partial charge in [-0.15, -0.1) is 0 Å². The number of aromatic nitrogens is 1. The van der Waals surface area contributed by atoms with Crippen LogP contribution in [0.25, 0.3) is 6.08 Å². The minimum absolute atomic E-state index is 0.0585. The molecule has 5 nitrogen and oxygen atoms in total. The fourth-order valence-electron chi connectivity index (χ4n) is 2.12. The van der Waals surface area contributed by atoms with Crippen LogP contribution >= 0.6 is 24.0 Å². The first kappa shape index (κ1) is 17.6. The Kier molecular flexibility index (Phi) is 6.73. The highest BCUT2D eigenvalue weighted by molar-refractivity contribution is 8.26. The second-order valence-electron chi connectivity index (χ2n) is 5.01. The summed E-state index contributed by atoms with van der Waals surface area (Å²) < 4.78 is 5.18. The van der Waals surface area contributed by atoms with Gasteiger partial charge in [0.15, 0.2) is 0 Å². The molecule has 0 bridgehead atoms. The Bertz CT molecular complexity index is 617. The molecule has 0 radical (unpaired) electrons. The lowest BCUT2D eigenvalue weighted by molar-refractivity contribution is -0.140. The summed E-state index contributed by atoms with van der Waals surface area (Å²) in [5.41, 5.74) is 0.881. The van der Waals surface area contributed by atoms with Crippen molar-refractivity contribution in [2.75, 3.05) is 13.7 Å². The molecule has 1 saturated heterocycles. The molecule has 1 aliphatic heterocycles. The normalized spacial score (nSPS) is 16.2. The van der Waals surface area contributed by atoms with Crippen LogP contribution in [0.3, 0.4) is 0 Å². The Balaban J connectivity index is 1.84. The maximum atomic E-state index is 12.4. The number of pyridine rings is 1. The zero-order chi connectivity index (χ0) is 16.7. The summed E-state index contributed by atoms with van der Waals surface area (Å²) in [5.74, 6) is -0.258. The maximum Gasteiger partial charge on any atom is 0.305 e. The van der Waals surface area contributed by atoms with E-state index in [1.165, 1.54) is 18.9 Å². The number of ether oxygens (including phenoxy) is 1. The van der Waals surface area contributed by atoms with Crippen molar-refractivity contribution < 1.29 is 14.3 Å². The molecule has 0 unspecified atom stereocenters. The molecule has 0 saturated carbocycles. The predicted molar refractivity (Wildman–Crippen MR) is 94.6 cm³/mol. The van der Waals surface area contributed by atoms with E-state index in [-0.39, 0.29) is 11.9 Å². The number of amides is 1. The Morgan fingerprint density at radius 1 is 1.43 bits per heavy atom. The second kappa shape index (κ2) is 8.79. The lowest BCUT2D eigenvalue weighted by Crippen LogP contribution is -2.29. The van der Waals surface area contributed by atoms with Crippen LogP contribution in [0.5, 0.6) is 0 Å². The third-order valence-corrected chi connectivity index (χ3v) is 4.72. The summed E-state index contributed by atoms with van der Waals surface area (Å²) in [6.45, 7) is 0.580. The molecule has 1 amide bonds. The summed E-state index contributed by atoms with van der Waals surface area (Å²) >= 11 is 6.60. The number of hydrogen-bond donors (Lipinski definition) is 0. The molecule has 0 atom stereocenters. The van der Waals surface area contributed by atoms with E-state index in [1.54, 1.807) is 17.3 Å². The summed E-state index contributed by atoms with van der Waals surface area (Å²) in [4.78, 5) is 29.7. The molecule has 1 aromatic heterocycles. The highest BCUT2D eigenvalue weighted by Gasteiger charge is 2.31. The molecule has 1 fully saturated rings. The third-order valence-electron chi connectivity index (χ3n) is 3.35. The maximum absolute atomic E-state index is 12.4. The molecule has 0 N–H and O–H groups in total. The lowest BCUT2D eigenvalue weighted by atomic mass is 10.2. The molecule has 122 valence electrons. The number of thiocarbonyl (C=S) groups is 1. The standard InChI is InChI=1S/C16H18N2O3S2/c1-21-14(19)7-3-2-4-9-18-15(20)13(23-16(18)22)10-12-6-5-8-17-11-12/h5-6,8,10-11H,2-4,7,9H2,1H3. The fraction of sp³-hybridized carbons (Fsp3) is 0.375. The number of thioether (sulfide) groups is 1. The van der Waals surface area contributed by atoms with Crippen molar-refractivity contribution in [2.24, 2.45) is 0 Å². The smallest absolute Gasteiger partial charge is 0.305 e. The third kappa shape index (κ3) is 5.14. The van der Waals surface area contributed by atoms with Crippen LogP contribution in [-0.2, 0) is 14.3 Å². The van der Waals surface area contributed by atoms with Crippen molar-refractivity contribution in [2.45, 2.75) is 25.7 Å². The number of rotatable bonds is 7. The lowest BCUT2D eigenvalue weighted by Gasteiger charge is -2.13. The van der Waals surface area contributed by atoms with Crippen molar-refractivity contribution in [3.8, 4) is 0 Å². The summed E-state index contributed by atoms with van der Waals surface area (Å²) in [6, 6.07) is 3.72. The Morgan fingerprint density at radius 3 is 2.96 bits per heavy atom. The van der Waals surface area contributed by atoms with Crippen LogP contribution < -0.4 is 0 Å². The van der Waals surface area contributed by atoms with Gasteiger partial charge in [-0.2, -0.15) is 0 Å². The van der Waals surface area contributed by atoms with Gasteiger partial charge in [0.05, 0.1) is 12.0 Å². The van der Waals surface area contributed by atoms with Crippen LogP contribution in [0.15, 0.2) is 29.4 Å². The second-order valence-corrected chi connectivity index (χ2v) is 6.68. The van der Waals surface area contributed by atoms with E-state index in [0.717, 1.165) is 24.8 Å². The van der Waals surface area contributed by atoms with Crippen LogP contribution in [0.4, 0.5) is 0 Å². The zero-order valence-corrected chi connectivity index (χ0v) is 14.5. The molecule has 7 heteroatoms. The van der Waals surface area contributed by atoms with Crippen LogP contribution in [0, 0.1) is 0 Å². The van der Waals surface area contributed by atoms with Gasteiger partial charge in [0.25, 0.3) is 5.91 Å². The van der Waals surface area contributed by atoms with Crippen molar-refractivity contribution in [3.63, 3.8) is 0 Å². The van der Waals surface area contributed by atoms with Gasteiger partial charge in [-0.1, -0.05) is 36.5 Å². The van der Waals surface area contributed by atoms with Crippen molar-refractivity contribution in [1.29, 1.82) is 0 Å². The van der Waals surface area contributed by atoms with Gasteiger partial charge in [0.1, 0.15) is 4.32 Å². The van der Waals surface area contributed by atoms with E-state index in [1.807, 2.05) is 18.2 Å². The highest BCUT2D eigenvalue weighted by atomic mass is 32.2. The first-order valence-electron chi connectivity index (χ1n) is 7.34. The van der Waals surface area contributed by atoms with E-state index < -0.39 is 0 Å². The summed E-state index contributed by atoms with van der Waals surface area (Å²) in [6.07, 6.45) is 8.04. The quantitative estimate of drug-likeness (QED) is 0.326. The minimum Gasteiger partial charge on any atom is -0.469 e. The molecule has 2 heterocycles. The molecular formula is C16H18N2O3S2.